The maximum absolute atomic E-state index is 12.3. The van der Waals surface area contributed by atoms with E-state index in [-0.39, 0.29) is 19.6 Å². The first-order chi connectivity index (χ1) is 11.6. The Bertz CT molecular complexity index is 692. The fourth-order valence-corrected chi connectivity index (χ4v) is 2.87. The highest BCUT2D eigenvalue weighted by atomic mass is 16.6. The van der Waals surface area contributed by atoms with E-state index in [9.17, 15) is 9.59 Å². The van der Waals surface area contributed by atoms with E-state index in [0.717, 1.165) is 11.8 Å². The van der Waals surface area contributed by atoms with Crippen LogP contribution in [0.4, 0.5) is 4.79 Å². The Morgan fingerprint density at radius 1 is 1.42 bits per heavy atom. The Labute approximate surface area is 140 Å². The van der Waals surface area contributed by atoms with Crippen LogP contribution in [0.15, 0.2) is 30.3 Å². The molecule has 24 heavy (non-hydrogen) atoms. The largest absolute Gasteiger partial charge is 0.445 e. The SMILES string of the molecule is N#CCC1(C(=O)C=[N+]=[N-])CCCN(C(=O)OCc2ccccc2)C1. The summed E-state index contributed by atoms with van der Waals surface area (Å²) >= 11 is 0. The number of carbonyl (C=O) groups is 2. The lowest BCUT2D eigenvalue weighted by Gasteiger charge is -2.38. The predicted molar refractivity (Wildman–Crippen MR) is 84.8 cm³/mol. The molecule has 1 heterocycles. The Morgan fingerprint density at radius 2 is 2.17 bits per heavy atom. The van der Waals surface area contributed by atoms with Crippen LogP contribution in [0.3, 0.4) is 0 Å². The van der Waals surface area contributed by atoms with Gasteiger partial charge in [0.2, 0.25) is 5.78 Å². The average molecular weight is 326 g/mol. The smallest absolute Gasteiger partial charge is 0.410 e. The molecular formula is C17H18N4O3. The van der Waals surface area contributed by atoms with Crippen molar-refractivity contribution >= 4 is 18.1 Å². The lowest BCUT2D eigenvalue weighted by atomic mass is 9.74. The molecule has 0 N–H and O–H groups in total. The van der Waals surface area contributed by atoms with Crippen LogP contribution in [0, 0.1) is 16.7 Å². The number of likely N-dealkylation sites (tertiary alicyclic amines) is 1. The van der Waals surface area contributed by atoms with Crippen LogP contribution < -0.4 is 0 Å². The van der Waals surface area contributed by atoms with Gasteiger partial charge < -0.3 is 15.2 Å². The molecule has 1 amide bonds. The zero-order valence-corrected chi connectivity index (χ0v) is 13.2. The van der Waals surface area contributed by atoms with Crippen molar-refractivity contribution in [2.45, 2.75) is 25.9 Å². The fraction of sp³-hybridized carbons (Fsp3) is 0.412. The van der Waals surface area contributed by atoms with Crippen molar-refractivity contribution in [2.24, 2.45) is 5.41 Å². The molecule has 0 saturated carbocycles. The molecule has 7 nitrogen and oxygen atoms in total. The summed E-state index contributed by atoms with van der Waals surface area (Å²) in [6.07, 6.45) is 1.28. The molecule has 0 radical (unpaired) electrons. The number of ether oxygens (including phenoxy) is 1. The fourth-order valence-electron chi connectivity index (χ4n) is 2.87. The number of nitriles is 1. The van der Waals surface area contributed by atoms with Crippen molar-refractivity contribution in [1.29, 1.82) is 5.26 Å². The number of hydrogen-bond donors (Lipinski definition) is 0. The lowest BCUT2D eigenvalue weighted by Crippen LogP contribution is -2.50. The molecule has 1 saturated heterocycles. The van der Waals surface area contributed by atoms with Gasteiger partial charge in [-0.15, -0.1) is 0 Å². The van der Waals surface area contributed by atoms with Gasteiger partial charge in [-0.05, 0) is 18.4 Å². The van der Waals surface area contributed by atoms with Crippen molar-refractivity contribution < 1.29 is 19.1 Å². The Morgan fingerprint density at radius 3 is 2.83 bits per heavy atom. The highest BCUT2D eigenvalue weighted by molar-refractivity contribution is 6.28. The van der Waals surface area contributed by atoms with E-state index >= 15 is 0 Å². The van der Waals surface area contributed by atoms with Gasteiger partial charge in [0.1, 0.15) is 6.61 Å². The molecule has 124 valence electrons. The van der Waals surface area contributed by atoms with Gasteiger partial charge in [-0.3, -0.25) is 4.79 Å². The molecule has 1 aliphatic rings. The quantitative estimate of drug-likeness (QED) is 0.469. The van der Waals surface area contributed by atoms with Gasteiger partial charge in [-0.25, -0.2) is 4.79 Å². The highest BCUT2D eigenvalue weighted by Gasteiger charge is 2.44. The van der Waals surface area contributed by atoms with Gasteiger partial charge in [0.25, 0.3) is 0 Å². The molecule has 1 unspecified atom stereocenters. The Kier molecular flexibility index (Phi) is 5.83. The number of hydrogen-bond acceptors (Lipinski definition) is 4. The van der Waals surface area contributed by atoms with E-state index in [2.05, 4.69) is 4.79 Å². The molecule has 0 aliphatic carbocycles. The summed E-state index contributed by atoms with van der Waals surface area (Å²) in [6.45, 7) is 0.691. The molecule has 1 aliphatic heterocycles. The molecule has 2 rings (SSSR count). The van der Waals surface area contributed by atoms with E-state index in [1.165, 1.54) is 4.90 Å². The van der Waals surface area contributed by atoms with Crippen LogP contribution in [0.25, 0.3) is 5.53 Å². The first-order valence-electron chi connectivity index (χ1n) is 7.66. The van der Waals surface area contributed by atoms with E-state index < -0.39 is 17.3 Å². The molecule has 1 fully saturated rings. The van der Waals surface area contributed by atoms with Crippen LogP contribution in [0.2, 0.25) is 0 Å². The first kappa shape index (κ1) is 17.4. The van der Waals surface area contributed by atoms with Gasteiger partial charge in [0.05, 0.1) is 11.5 Å². The second kappa shape index (κ2) is 8.04. The summed E-state index contributed by atoms with van der Waals surface area (Å²) in [5.74, 6) is -0.452. The number of nitrogens with zero attached hydrogens (tertiary/aromatic N) is 4. The minimum atomic E-state index is -1.04. The normalized spacial score (nSPS) is 19.7. The second-order valence-corrected chi connectivity index (χ2v) is 5.79. The zero-order chi connectivity index (χ0) is 17.4. The summed E-state index contributed by atoms with van der Waals surface area (Å²) in [7, 11) is 0. The summed E-state index contributed by atoms with van der Waals surface area (Å²) < 4.78 is 5.29. The summed E-state index contributed by atoms with van der Waals surface area (Å²) in [5.41, 5.74) is 8.43. The third-order valence-electron chi connectivity index (χ3n) is 4.16. The molecule has 1 aromatic carbocycles. The maximum atomic E-state index is 12.3. The van der Waals surface area contributed by atoms with Gasteiger partial charge in [-0.2, -0.15) is 10.1 Å². The summed E-state index contributed by atoms with van der Waals surface area (Å²) in [5, 5.41) is 9.03. The molecule has 1 aromatic rings. The number of carbonyl (C=O) groups excluding carboxylic acids is 2. The molecule has 1 atom stereocenters. The number of piperidine rings is 1. The monoisotopic (exact) mass is 326 g/mol. The second-order valence-electron chi connectivity index (χ2n) is 5.79. The van der Waals surface area contributed by atoms with E-state index in [0.29, 0.717) is 19.4 Å². The third-order valence-corrected chi connectivity index (χ3v) is 4.16. The maximum Gasteiger partial charge on any atom is 0.410 e. The Balaban J connectivity index is 2.05. The number of benzene rings is 1. The van der Waals surface area contributed by atoms with E-state index in [4.69, 9.17) is 15.5 Å². The minimum Gasteiger partial charge on any atom is -0.445 e. The third kappa shape index (κ3) is 4.06. The van der Waals surface area contributed by atoms with Crippen LogP contribution >= 0.6 is 0 Å². The zero-order valence-electron chi connectivity index (χ0n) is 13.2. The summed E-state index contributed by atoms with van der Waals surface area (Å²) in [4.78, 5) is 28.7. The molecule has 0 bridgehead atoms. The number of ketones is 1. The predicted octanol–water partition coefficient (Wildman–Crippen LogP) is 2.19. The minimum absolute atomic E-state index is 0.0414. The number of amides is 1. The van der Waals surface area contributed by atoms with Gasteiger partial charge in [0.15, 0.2) is 0 Å². The molecule has 0 spiro atoms. The lowest BCUT2D eigenvalue weighted by molar-refractivity contribution is -0.127. The molecular weight excluding hydrogens is 308 g/mol. The number of rotatable bonds is 5. The van der Waals surface area contributed by atoms with E-state index in [1.54, 1.807) is 0 Å². The average Bonchev–Trinajstić information content (AvgIpc) is 2.61. The number of Topliss-reactive ketones (excluding diaryl/α,β-unsaturated/α-hetero) is 1. The van der Waals surface area contributed by atoms with Crippen LogP contribution in [0.1, 0.15) is 24.8 Å². The highest BCUT2D eigenvalue weighted by Crippen LogP contribution is 2.34. The van der Waals surface area contributed by atoms with E-state index in [1.807, 2.05) is 36.4 Å². The van der Waals surface area contributed by atoms with Crippen molar-refractivity contribution in [2.75, 3.05) is 13.1 Å². The van der Waals surface area contributed by atoms with Crippen molar-refractivity contribution in [3.8, 4) is 6.07 Å². The first-order valence-corrected chi connectivity index (χ1v) is 7.66. The van der Waals surface area contributed by atoms with Gasteiger partial charge in [-0.1, -0.05) is 30.3 Å². The topological polar surface area (TPSA) is 107 Å². The van der Waals surface area contributed by atoms with Crippen molar-refractivity contribution in [3.63, 3.8) is 0 Å². The Hall–Kier alpha value is -2.97. The summed E-state index contributed by atoms with van der Waals surface area (Å²) in [6, 6.07) is 11.3. The van der Waals surface area contributed by atoms with Crippen molar-refractivity contribution in [3.05, 3.63) is 41.4 Å². The van der Waals surface area contributed by atoms with Crippen LogP contribution in [-0.2, 0) is 16.1 Å². The van der Waals surface area contributed by atoms with Crippen LogP contribution in [-0.4, -0.2) is 40.9 Å². The van der Waals surface area contributed by atoms with Gasteiger partial charge in [0, 0.05) is 19.5 Å². The standard InChI is InChI=1S/C17H18N4O3/c18-9-8-17(15(22)11-20-19)7-4-10-21(13-17)16(23)24-12-14-5-2-1-3-6-14/h1-3,5-6,11H,4,7-8,10,12-13H2. The molecule has 0 aromatic heterocycles. The van der Waals surface area contributed by atoms with Crippen molar-refractivity contribution in [1.82, 2.24) is 4.90 Å². The molecule has 7 heteroatoms. The van der Waals surface area contributed by atoms with Gasteiger partial charge >= 0.3 is 12.3 Å². The van der Waals surface area contributed by atoms with Crippen LogP contribution in [0.5, 0.6) is 0 Å².